The van der Waals surface area contributed by atoms with Crippen molar-refractivity contribution in [2.75, 3.05) is 37.7 Å². The average molecular weight is 290 g/mol. The molecular formula is C18H30N2O. The minimum atomic E-state index is 0.688. The van der Waals surface area contributed by atoms with Crippen LogP contribution in [-0.2, 0) is 0 Å². The molecule has 1 aliphatic rings. The summed E-state index contributed by atoms with van der Waals surface area (Å²) in [6, 6.07) is 8.57. The molecule has 0 saturated carbocycles. The largest absolute Gasteiger partial charge is 0.493 e. The van der Waals surface area contributed by atoms with Crippen molar-refractivity contribution in [3.63, 3.8) is 0 Å². The monoisotopic (exact) mass is 290 g/mol. The van der Waals surface area contributed by atoms with Crippen LogP contribution in [0.25, 0.3) is 0 Å². The van der Waals surface area contributed by atoms with Gasteiger partial charge in [-0.3, -0.25) is 0 Å². The number of piperazine rings is 1. The lowest BCUT2D eigenvalue weighted by atomic mass is 10.0. The van der Waals surface area contributed by atoms with Crippen molar-refractivity contribution in [3.8, 4) is 5.75 Å². The Morgan fingerprint density at radius 2 is 2.05 bits per heavy atom. The van der Waals surface area contributed by atoms with Gasteiger partial charge in [0.2, 0.25) is 0 Å². The van der Waals surface area contributed by atoms with E-state index in [1.165, 1.54) is 31.4 Å². The second-order valence-electron chi connectivity index (χ2n) is 5.96. The maximum absolute atomic E-state index is 6.05. The molecule has 2 rings (SSSR count). The first kappa shape index (κ1) is 16.2. The molecule has 1 heterocycles. The van der Waals surface area contributed by atoms with Crippen LogP contribution in [0.4, 0.5) is 5.69 Å². The van der Waals surface area contributed by atoms with Crippen molar-refractivity contribution in [2.45, 2.75) is 39.5 Å². The fourth-order valence-corrected chi connectivity index (χ4v) is 2.81. The summed E-state index contributed by atoms with van der Waals surface area (Å²) in [4.78, 5) is 2.43. The van der Waals surface area contributed by atoms with Crippen molar-refractivity contribution in [3.05, 3.63) is 24.3 Å². The van der Waals surface area contributed by atoms with E-state index >= 15 is 0 Å². The molecule has 0 amide bonds. The van der Waals surface area contributed by atoms with Gasteiger partial charge in [0.1, 0.15) is 5.75 Å². The maximum atomic E-state index is 6.05. The van der Waals surface area contributed by atoms with Gasteiger partial charge in [-0.1, -0.05) is 39.2 Å². The average Bonchev–Trinajstić information content (AvgIpc) is 2.56. The third-order valence-corrected chi connectivity index (χ3v) is 4.33. The van der Waals surface area contributed by atoms with Crippen LogP contribution < -0.4 is 15.0 Å². The second-order valence-corrected chi connectivity index (χ2v) is 5.96. The molecule has 1 fully saturated rings. The lowest BCUT2D eigenvalue weighted by Gasteiger charge is -2.29. The van der Waals surface area contributed by atoms with E-state index in [4.69, 9.17) is 4.74 Å². The zero-order valence-electron chi connectivity index (χ0n) is 13.6. The number of anilines is 1. The van der Waals surface area contributed by atoms with Gasteiger partial charge in [-0.15, -0.1) is 0 Å². The fraction of sp³-hybridized carbons (Fsp3) is 0.667. The Morgan fingerprint density at radius 3 is 2.76 bits per heavy atom. The molecular weight excluding hydrogens is 260 g/mol. The summed E-state index contributed by atoms with van der Waals surface area (Å²) in [5.74, 6) is 1.70. The van der Waals surface area contributed by atoms with Crippen molar-refractivity contribution in [1.29, 1.82) is 0 Å². The van der Waals surface area contributed by atoms with Crippen LogP contribution in [0, 0.1) is 5.92 Å². The first-order valence-corrected chi connectivity index (χ1v) is 8.52. The summed E-state index contributed by atoms with van der Waals surface area (Å²) in [6.07, 6.45) is 5.07. The lowest BCUT2D eigenvalue weighted by Crippen LogP contribution is -2.43. The smallest absolute Gasteiger partial charge is 0.121 e. The van der Waals surface area contributed by atoms with Crippen molar-refractivity contribution < 1.29 is 4.74 Å². The Balaban J connectivity index is 1.88. The van der Waals surface area contributed by atoms with E-state index in [-0.39, 0.29) is 0 Å². The Hall–Kier alpha value is -1.22. The summed E-state index contributed by atoms with van der Waals surface area (Å²) < 4.78 is 6.05. The zero-order chi connectivity index (χ0) is 14.9. The first-order valence-electron chi connectivity index (χ1n) is 8.52. The van der Waals surface area contributed by atoms with Crippen LogP contribution in [0.1, 0.15) is 39.5 Å². The summed E-state index contributed by atoms with van der Waals surface area (Å²) in [7, 11) is 0. The fourth-order valence-electron chi connectivity index (χ4n) is 2.81. The van der Waals surface area contributed by atoms with E-state index in [1.54, 1.807) is 0 Å². The number of benzene rings is 1. The van der Waals surface area contributed by atoms with Crippen LogP contribution in [0.2, 0.25) is 0 Å². The highest BCUT2D eigenvalue weighted by Gasteiger charge is 2.11. The predicted octanol–water partition coefficient (Wildman–Crippen LogP) is 3.69. The van der Waals surface area contributed by atoms with E-state index in [0.717, 1.165) is 38.5 Å². The molecule has 0 aromatic heterocycles. The Morgan fingerprint density at radius 1 is 1.24 bits per heavy atom. The van der Waals surface area contributed by atoms with E-state index in [9.17, 15) is 0 Å². The molecule has 3 nitrogen and oxygen atoms in total. The van der Waals surface area contributed by atoms with Crippen molar-refractivity contribution in [1.82, 2.24) is 5.32 Å². The lowest BCUT2D eigenvalue weighted by molar-refractivity contribution is 0.233. The summed E-state index contributed by atoms with van der Waals surface area (Å²) in [5.41, 5.74) is 1.29. The third-order valence-electron chi connectivity index (χ3n) is 4.33. The Labute approximate surface area is 129 Å². The van der Waals surface area contributed by atoms with E-state index in [2.05, 4.69) is 48.3 Å². The Bertz CT molecular complexity index is 402. The number of hydrogen-bond acceptors (Lipinski definition) is 3. The molecule has 1 aromatic rings. The summed E-state index contributed by atoms with van der Waals surface area (Å²) in [6.45, 7) is 9.67. The minimum absolute atomic E-state index is 0.688. The number of nitrogens with zero attached hydrogens (tertiary/aromatic N) is 1. The normalized spacial score (nSPS) is 16.8. The minimum Gasteiger partial charge on any atom is -0.493 e. The highest BCUT2D eigenvalue weighted by molar-refractivity contribution is 5.51. The zero-order valence-corrected chi connectivity index (χ0v) is 13.6. The molecule has 1 N–H and O–H groups in total. The third kappa shape index (κ3) is 5.24. The van der Waals surface area contributed by atoms with E-state index in [0.29, 0.717) is 5.92 Å². The van der Waals surface area contributed by atoms with Gasteiger partial charge in [0.15, 0.2) is 0 Å². The molecule has 1 atom stereocenters. The first-order chi connectivity index (χ1) is 10.3. The molecule has 1 aliphatic heterocycles. The number of nitrogens with one attached hydrogen (secondary N) is 1. The van der Waals surface area contributed by atoms with Crippen LogP contribution in [-0.4, -0.2) is 32.8 Å². The molecule has 1 saturated heterocycles. The number of rotatable bonds is 8. The van der Waals surface area contributed by atoms with E-state index in [1.807, 2.05) is 0 Å². The number of hydrogen-bond donors (Lipinski definition) is 1. The van der Waals surface area contributed by atoms with Gasteiger partial charge < -0.3 is 15.0 Å². The van der Waals surface area contributed by atoms with Crippen LogP contribution >= 0.6 is 0 Å². The molecule has 0 radical (unpaired) electrons. The van der Waals surface area contributed by atoms with Crippen LogP contribution in [0.5, 0.6) is 5.75 Å². The molecule has 1 unspecified atom stereocenters. The van der Waals surface area contributed by atoms with Gasteiger partial charge in [-0.05, 0) is 24.5 Å². The second kappa shape index (κ2) is 8.93. The Kier molecular flexibility index (Phi) is 6.87. The molecule has 0 aliphatic carbocycles. The molecule has 21 heavy (non-hydrogen) atoms. The summed E-state index contributed by atoms with van der Waals surface area (Å²) in [5, 5.41) is 3.39. The topological polar surface area (TPSA) is 24.5 Å². The van der Waals surface area contributed by atoms with E-state index < -0.39 is 0 Å². The summed E-state index contributed by atoms with van der Waals surface area (Å²) >= 11 is 0. The highest BCUT2D eigenvalue weighted by Crippen LogP contribution is 2.23. The van der Waals surface area contributed by atoms with Crippen LogP contribution in [0.15, 0.2) is 24.3 Å². The molecule has 3 heteroatoms. The highest BCUT2D eigenvalue weighted by atomic mass is 16.5. The quantitative estimate of drug-likeness (QED) is 0.790. The molecule has 0 spiro atoms. The standard InChI is InChI=1S/C18H30N2O/c1-3-5-7-16(4-2)15-21-18-9-6-8-17(14-18)20-12-10-19-11-13-20/h6,8-9,14,16,19H,3-5,7,10-13,15H2,1-2H3. The van der Waals surface area contributed by atoms with Gasteiger partial charge in [0.25, 0.3) is 0 Å². The van der Waals surface area contributed by atoms with Gasteiger partial charge in [0, 0.05) is 37.9 Å². The van der Waals surface area contributed by atoms with Gasteiger partial charge in [0.05, 0.1) is 6.61 Å². The number of unbranched alkanes of at least 4 members (excludes halogenated alkanes) is 1. The van der Waals surface area contributed by atoms with Crippen molar-refractivity contribution >= 4 is 5.69 Å². The van der Waals surface area contributed by atoms with Crippen molar-refractivity contribution in [2.24, 2.45) is 5.92 Å². The van der Waals surface area contributed by atoms with Gasteiger partial charge in [-0.25, -0.2) is 0 Å². The maximum Gasteiger partial charge on any atom is 0.121 e. The SMILES string of the molecule is CCCCC(CC)COc1cccc(N2CCNCC2)c1. The van der Waals surface area contributed by atoms with Gasteiger partial charge >= 0.3 is 0 Å². The van der Waals surface area contributed by atoms with Gasteiger partial charge in [-0.2, -0.15) is 0 Å². The van der Waals surface area contributed by atoms with Crippen LogP contribution in [0.3, 0.4) is 0 Å². The molecule has 1 aromatic carbocycles. The predicted molar refractivity (Wildman–Crippen MR) is 90.3 cm³/mol. The molecule has 0 bridgehead atoms. The molecule has 118 valence electrons. The number of ether oxygens (including phenoxy) is 1.